The third kappa shape index (κ3) is 1.76. The average molecular weight is 187 g/mol. The zero-order valence-corrected chi connectivity index (χ0v) is 7.70. The van der Waals surface area contributed by atoms with E-state index in [9.17, 15) is 4.79 Å². The van der Waals surface area contributed by atoms with Crippen LogP contribution in [0.3, 0.4) is 0 Å². The number of hydrogen-bond acceptors (Lipinski definition) is 4. The molecule has 2 saturated heterocycles. The van der Waals surface area contributed by atoms with Gasteiger partial charge in [-0.15, -0.1) is 0 Å². The zero-order chi connectivity index (χ0) is 9.47. The zero-order valence-electron chi connectivity index (χ0n) is 7.70. The predicted octanol–water partition coefficient (Wildman–Crippen LogP) is 0.246. The first-order valence-electron chi connectivity index (χ1n) is 4.33. The third-order valence-corrected chi connectivity index (χ3v) is 2.15. The maximum absolute atomic E-state index is 10.7. The lowest BCUT2D eigenvalue weighted by atomic mass is 10.2. The molecule has 74 valence electrons. The highest BCUT2D eigenvalue weighted by molar-refractivity contribution is 5.69. The summed E-state index contributed by atoms with van der Waals surface area (Å²) in [5.41, 5.74) is 0. The normalized spacial score (nSPS) is 37.2. The molecule has 0 aromatic heterocycles. The van der Waals surface area contributed by atoms with Gasteiger partial charge < -0.3 is 19.5 Å². The van der Waals surface area contributed by atoms with Crippen molar-refractivity contribution in [1.29, 1.82) is 0 Å². The first-order chi connectivity index (χ1) is 6.07. The maximum atomic E-state index is 10.7. The van der Waals surface area contributed by atoms with Gasteiger partial charge in [0.25, 0.3) is 0 Å². The fourth-order valence-corrected chi connectivity index (χ4v) is 1.51. The highest BCUT2D eigenvalue weighted by atomic mass is 16.8. The van der Waals surface area contributed by atoms with E-state index < -0.39 is 5.79 Å². The van der Waals surface area contributed by atoms with Crippen LogP contribution in [0, 0.1) is 0 Å². The molecule has 5 heteroatoms. The summed E-state index contributed by atoms with van der Waals surface area (Å²) < 4.78 is 15.9. The van der Waals surface area contributed by atoms with Gasteiger partial charge in [0.05, 0.1) is 13.2 Å². The van der Waals surface area contributed by atoms with E-state index in [1.165, 1.54) is 0 Å². The molecule has 1 N–H and O–H groups in total. The number of amides is 1. The van der Waals surface area contributed by atoms with Crippen molar-refractivity contribution in [2.45, 2.75) is 31.8 Å². The lowest BCUT2D eigenvalue weighted by Gasteiger charge is -2.19. The fourth-order valence-electron chi connectivity index (χ4n) is 1.51. The largest absolute Gasteiger partial charge is 0.441 e. The summed E-state index contributed by atoms with van der Waals surface area (Å²) in [6.45, 7) is 4.67. The number of rotatable bonds is 1. The van der Waals surface area contributed by atoms with Crippen molar-refractivity contribution in [3.05, 3.63) is 0 Å². The van der Waals surface area contributed by atoms with Crippen molar-refractivity contribution in [2.75, 3.05) is 13.2 Å². The molecule has 2 aliphatic heterocycles. The Morgan fingerprint density at radius 2 is 2.23 bits per heavy atom. The van der Waals surface area contributed by atoms with E-state index in [0.29, 0.717) is 13.2 Å². The van der Waals surface area contributed by atoms with Crippen LogP contribution in [-0.2, 0) is 14.2 Å². The van der Waals surface area contributed by atoms with Crippen LogP contribution in [-0.4, -0.2) is 37.2 Å². The molecule has 0 bridgehead atoms. The smallest absolute Gasteiger partial charge is 0.407 e. The number of carbonyl (C=O) groups excluding carboxylic acids is 1. The van der Waals surface area contributed by atoms with Crippen LogP contribution in [0.4, 0.5) is 4.79 Å². The fraction of sp³-hybridized carbons (Fsp3) is 0.875. The number of hydrogen-bond donors (Lipinski definition) is 1. The summed E-state index contributed by atoms with van der Waals surface area (Å²) in [5, 5.41) is 2.58. The Balaban J connectivity index is 1.93. The summed E-state index contributed by atoms with van der Waals surface area (Å²) in [6, 6.07) is 0. The molecule has 2 unspecified atom stereocenters. The van der Waals surface area contributed by atoms with Crippen LogP contribution in [0.1, 0.15) is 13.8 Å². The summed E-state index contributed by atoms with van der Waals surface area (Å²) in [4.78, 5) is 10.7. The van der Waals surface area contributed by atoms with Crippen molar-refractivity contribution < 1.29 is 19.0 Å². The molecule has 0 spiro atoms. The molecule has 5 nitrogen and oxygen atoms in total. The Morgan fingerprint density at radius 1 is 1.46 bits per heavy atom. The second kappa shape index (κ2) is 2.85. The maximum Gasteiger partial charge on any atom is 0.407 e. The summed E-state index contributed by atoms with van der Waals surface area (Å²) in [7, 11) is 0. The van der Waals surface area contributed by atoms with Crippen LogP contribution < -0.4 is 5.32 Å². The van der Waals surface area contributed by atoms with Gasteiger partial charge in [-0.25, -0.2) is 4.79 Å². The van der Waals surface area contributed by atoms with E-state index >= 15 is 0 Å². The number of carbonyl (C=O) groups is 1. The van der Waals surface area contributed by atoms with Gasteiger partial charge in [-0.05, 0) is 13.8 Å². The third-order valence-electron chi connectivity index (χ3n) is 2.15. The summed E-state index contributed by atoms with van der Waals surface area (Å²) >= 11 is 0. The van der Waals surface area contributed by atoms with Crippen molar-refractivity contribution in [2.24, 2.45) is 0 Å². The Bertz CT molecular complexity index is 228. The van der Waals surface area contributed by atoms with E-state index in [1.807, 2.05) is 13.8 Å². The second-order valence-corrected chi connectivity index (χ2v) is 3.69. The minimum atomic E-state index is -0.556. The van der Waals surface area contributed by atoms with Gasteiger partial charge in [0.1, 0.15) is 12.2 Å². The number of nitrogens with one attached hydrogen (secondary N) is 1. The van der Waals surface area contributed by atoms with Crippen LogP contribution >= 0.6 is 0 Å². The summed E-state index contributed by atoms with van der Waals surface area (Å²) in [6.07, 6.45) is -0.735. The molecule has 2 rings (SSSR count). The molecule has 0 aliphatic carbocycles. The van der Waals surface area contributed by atoms with Crippen molar-refractivity contribution in [1.82, 2.24) is 5.32 Å². The number of cyclic esters (lactones) is 1. The van der Waals surface area contributed by atoms with E-state index in [1.54, 1.807) is 0 Å². The Hall–Kier alpha value is -0.810. The Morgan fingerprint density at radius 3 is 2.69 bits per heavy atom. The molecule has 0 aromatic carbocycles. The highest BCUT2D eigenvalue weighted by Crippen LogP contribution is 2.26. The van der Waals surface area contributed by atoms with E-state index in [0.717, 1.165) is 0 Å². The Kier molecular flexibility index (Phi) is 1.92. The molecule has 0 aromatic rings. The van der Waals surface area contributed by atoms with Crippen molar-refractivity contribution in [3.63, 3.8) is 0 Å². The van der Waals surface area contributed by atoms with E-state index in [4.69, 9.17) is 14.2 Å². The molecular formula is C8H13NO4. The first-order valence-corrected chi connectivity index (χ1v) is 4.33. The lowest BCUT2D eigenvalue weighted by Crippen LogP contribution is -2.33. The molecule has 0 radical (unpaired) electrons. The summed E-state index contributed by atoms with van der Waals surface area (Å²) in [5.74, 6) is -0.556. The van der Waals surface area contributed by atoms with E-state index in [2.05, 4.69) is 5.32 Å². The van der Waals surface area contributed by atoms with Crippen LogP contribution in [0.5, 0.6) is 0 Å². The minimum Gasteiger partial charge on any atom is -0.441 e. The predicted molar refractivity (Wildman–Crippen MR) is 43.2 cm³/mol. The molecule has 2 atom stereocenters. The van der Waals surface area contributed by atoms with Gasteiger partial charge in [0.2, 0.25) is 0 Å². The highest BCUT2D eigenvalue weighted by Gasteiger charge is 2.41. The van der Waals surface area contributed by atoms with Gasteiger partial charge >= 0.3 is 6.09 Å². The van der Waals surface area contributed by atoms with Gasteiger partial charge in [0.15, 0.2) is 5.79 Å². The molecule has 13 heavy (non-hydrogen) atoms. The molecule has 2 heterocycles. The quantitative estimate of drug-likeness (QED) is 0.639. The van der Waals surface area contributed by atoms with Gasteiger partial charge in [-0.3, -0.25) is 0 Å². The molecule has 2 aliphatic rings. The lowest BCUT2D eigenvalue weighted by molar-refractivity contribution is -0.148. The van der Waals surface area contributed by atoms with Crippen LogP contribution in [0.2, 0.25) is 0 Å². The average Bonchev–Trinajstić information content (AvgIpc) is 2.56. The number of ether oxygens (including phenoxy) is 3. The van der Waals surface area contributed by atoms with Crippen LogP contribution in [0.15, 0.2) is 0 Å². The topological polar surface area (TPSA) is 56.8 Å². The molecular weight excluding hydrogens is 174 g/mol. The van der Waals surface area contributed by atoms with Crippen molar-refractivity contribution >= 4 is 6.09 Å². The number of alkyl carbamates (subject to hydrolysis) is 1. The van der Waals surface area contributed by atoms with Gasteiger partial charge in [0, 0.05) is 0 Å². The molecule has 2 fully saturated rings. The van der Waals surface area contributed by atoms with Gasteiger partial charge in [-0.2, -0.15) is 0 Å². The van der Waals surface area contributed by atoms with Gasteiger partial charge in [-0.1, -0.05) is 0 Å². The van der Waals surface area contributed by atoms with Crippen LogP contribution in [0.25, 0.3) is 0 Å². The standard InChI is InChI=1S/C8H13NO4/c1-8(2)11-4-6(13-8)5-3-9-7(10)12-5/h5-6H,3-4H2,1-2H3,(H,9,10). The first kappa shape index (κ1) is 8.77. The van der Waals surface area contributed by atoms with Crippen molar-refractivity contribution in [3.8, 4) is 0 Å². The monoisotopic (exact) mass is 187 g/mol. The Labute approximate surface area is 76.3 Å². The SMILES string of the molecule is CC1(C)OCC(C2CNC(=O)O2)O1. The second-order valence-electron chi connectivity index (χ2n) is 3.69. The molecule has 1 amide bonds. The minimum absolute atomic E-state index is 0.144. The van der Waals surface area contributed by atoms with E-state index in [-0.39, 0.29) is 18.3 Å². The molecule has 0 saturated carbocycles.